The third-order valence-corrected chi connectivity index (χ3v) is 4.05. The largest absolute Gasteiger partial charge is 0.281 e. The number of rotatable bonds is 3. The second-order valence-corrected chi connectivity index (χ2v) is 5.57. The second-order valence-electron chi connectivity index (χ2n) is 5.57. The summed E-state index contributed by atoms with van der Waals surface area (Å²) in [5, 5.41) is 2.30. The van der Waals surface area contributed by atoms with Crippen molar-refractivity contribution in [1.82, 2.24) is 5.01 Å². The average Bonchev–Trinajstić information content (AvgIpc) is 2.90. The molecule has 0 aliphatic carbocycles. The molecule has 0 saturated heterocycles. The molecule has 0 radical (unpaired) electrons. The van der Waals surface area contributed by atoms with Crippen molar-refractivity contribution < 1.29 is 14.0 Å². The fraction of sp³-hybridized carbons (Fsp3) is 0. The Morgan fingerprint density at radius 1 is 0.680 bits per heavy atom. The Kier molecular flexibility index (Phi) is 3.54. The van der Waals surface area contributed by atoms with E-state index in [1.165, 1.54) is 17.1 Å². The van der Waals surface area contributed by atoms with Crippen molar-refractivity contribution in [3.05, 3.63) is 95.8 Å². The molecule has 0 atom stereocenters. The molecule has 4 nitrogen and oxygen atoms in total. The van der Waals surface area contributed by atoms with Crippen LogP contribution in [0.1, 0.15) is 20.7 Å². The van der Waals surface area contributed by atoms with Gasteiger partial charge in [-0.2, -0.15) is 5.01 Å². The molecule has 0 bridgehead atoms. The third-order valence-electron chi connectivity index (χ3n) is 4.05. The van der Waals surface area contributed by atoms with Crippen LogP contribution in [0, 0.1) is 5.82 Å². The number of carbonyl (C=O) groups is 2. The zero-order chi connectivity index (χ0) is 17.4. The highest BCUT2D eigenvalue weighted by Gasteiger charge is 2.40. The molecule has 0 spiro atoms. The molecule has 0 unspecified atom stereocenters. The fourth-order valence-electron chi connectivity index (χ4n) is 2.91. The molecule has 1 aliphatic heterocycles. The van der Waals surface area contributed by atoms with Gasteiger partial charge < -0.3 is 0 Å². The molecule has 122 valence electrons. The summed E-state index contributed by atoms with van der Waals surface area (Å²) in [6.07, 6.45) is 0. The Balaban J connectivity index is 1.90. The van der Waals surface area contributed by atoms with E-state index in [0.29, 0.717) is 16.8 Å². The summed E-state index contributed by atoms with van der Waals surface area (Å²) < 4.78 is 14.5. The lowest BCUT2D eigenvalue weighted by Gasteiger charge is -2.32. The van der Waals surface area contributed by atoms with E-state index in [2.05, 4.69) is 0 Å². The predicted octanol–water partition coefficient (Wildman–Crippen LogP) is 4.18. The Morgan fingerprint density at radius 3 is 1.80 bits per heavy atom. The average molecular weight is 332 g/mol. The van der Waals surface area contributed by atoms with E-state index < -0.39 is 17.6 Å². The molecule has 4 rings (SSSR count). The molecule has 0 fully saturated rings. The molecular weight excluding hydrogens is 319 g/mol. The van der Waals surface area contributed by atoms with Crippen molar-refractivity contribution >= 4 is 23.2 Å². The quantitative estimate of drug-likeness (QED) is 0.676. The maximum Gasteiger partial charge on any atom is 0.281 e. The summed E-state index contributed by atoms with van der Waals surface area (Å²) in [7, 11) is 0. The molecule has 1 heterocycles. The fourth-order valence-corrected chi connectivity index (χ4v) is 2.91. The molecule has 3 aromatic rings. The molecule has 3 aromatic carbocycles. The zero-order valence-electron chi connectivity index (χ0n) is 13.1. The van der Waals surface area contributed by atoms with E-state index in [-0.39, 0.29) is 5.69 Å². The summed E-state index contributed by atoms with van der Waals surface area (Å²) in [5.74, 6) is -1.48. The zero-order valence-corrected chi connectivity index (χ0v) is 13.1. The number of fused-ring (bicyclic) bond motifs is 1. The SMILES string of the molecule is O=C1c2ccccc2C(=O)N1N(c1ccccc1)c1ccccc1F. The minimum atomic E-state index is -0.525. The van der Waals surface area contributed by atoms with Gasteiger partial charge in [-0.3, -0.25) is 9.59 Å². The summed E-state index contributed by atoms with van der Waals surface area (Å²) >= 11 is 0. The number of carbonyl (C=O) groups excluding carboxylic acids is 2. The van der Waals surface area contributed by atoms with Gasteiger partial charge in [-0.25, -0.2) is 9.40 Å². The maximum atomic E-state index is 14.5. The highest BCUT2D eigenvalue weighted by atomic mass is 19.1. The van der Waals surface area contributed by atoms with E-state index in [0.717, 1.165) is 5.01 Å². The highest BCUT2D eigenvalue weighted by Crippen LogP contribution is 2.34. The third kappa shape index (κ3) is 2.37. The van der Waals surface area contributed by atoms with Crippen LogP contribution in [-0.2, 0) is 0 Å². The first-order valence-corrected chi connectivity index (χ1v) is 7.76. The van der Waals surface area contributed by atoms with E-state index in [9.17, 15) is 14.0 Å². The van der Waals surface area contributed by atoms with Crippen LogP contribution >= 0.6 is 0 Å². The maximum absolute atomic E-state index is 14.5. The van der Waals surface area contributed by atoms with E-state index in [4.69, 9.17) is 0 Å². The molecule has 0 saturated carbocycles. The standard InChI is InChI=1S/C20H13FN2O2/c21-17-12-6-7-13-18(17)22(14-8-2-1-3-9-14)23-19(24)15-10-4-5-11-16(15)20(23)25/h1-13H. The predicted molar refractivity (Wildman–Crippen MR) is 91.9 cm³/mol. The van der Waals surface area contributed by atoms with E-state index in [1.54, 1.807) is 60.7 Å². The smallest absolute Gasteiger partial charge is 0.267 e. The Morgan fingerprint density at radius 2 is 1.20 bits per heavy atom. The van der Waals surface area contributed by atoms with Crippen molar-refractivity contribution in [2.75, 3.05) is 5.01 Å². The van der Waals surface area contributed by atoms with Crippen LogP contribution in [0.3, 0.4) is 0 Å². The topological polar surface area (TPSA) is 40.6 Å². The van der Waals surface area contributed by atoms with Gasteiger partial charge in [0.1, 0.15) is 5.82 Å². The Bertz CT molecular complexity index is 937. The number of benzene rings is 3. The number of imide groups is 1. The van der Waals surface area contributed by atoms with Gasteiger partial charge in [-0.1, -0.05) is 42.5 Å². The monoisotopic (exact) mass is 332 g/mol. The number of nitrogens with zero attached hydrogens (tertiary/aromatic N) is 2. The summed E-state index contributed by atoms with van der Waals surface area (Å²) in [6.45, 7) is 0. The Labute approximate surface area is 143 Å². The van der Waals surface area contributed by atoms with Gasteiger partial charge in [0.2, 0.25) is 0 Å². The van der Waals surface area contributed by atoms with Crippen LogP contribution in [0.4, 0.5) is 15.8 Å². The van der Waals surface area contributed by atoms with Gasteiger partial charge in [-0.05, 0) is 36.4 Å². The molecule has 0 aromatic heterocycles. The number of anilines is 2. The lowest BCUT2D eigenvalue weighted by Crippen LogP contribution is -2.44. The van der Waals surface area contributed by atoms with Crippen molar-refractivity contribution in [3.63, 3.8) is 0 Å². The molecule has 1 aliphatic rings. The summed E-state index contributed by atoms with van der Waals surface area (Å²) in [6, 6.07) is 21.4. The van der Waals surface area contributed by atoms with Gasteiger partial charge in [0.05, 0.1) is 22.5 Å². The highest BCUT2D eigenvalue weighted by molar-refractivity contribution is 6.22. The van der Waals surface area contributed by atoms with E-state index >= 15 is 0 Å². The normalized spacial score (nSPS) is 13.1. The minimum Gasteiger partial charge on any atom is -0.267 e. The van der Waals surface area contributed by atoms with Crippen LogP contribution in [0.25, 0.3) is 0 Å². The van der Waals surface area contributed by atoms with Gasteiger partial charge in [0.25, 0.3) is 11.8 Å². The van der Waals surface area contributed by atoms with E-state index in [1.807, 2.05) is 6.07 Å². The molecule has 5 heteroatoms. The number of amides is 2. The van der Waals surface area contributed by atoms with Crippen molar-refractivity contribution in [1.29, 1.82) is 0 Å². The van der Waals surface area contributed by atoms with Crippen LogP contribution in [0.15, 0.2) is 78.9 Å². The first kappa shape index (κ1) is 15.1. The van der Waals surface area contributed by atoms with Gasteiger partial charge in [0.15, 0.2) is 0 Å². The Hall–Kier alpha value is -3.47. The number of halogens is 1. The first-order valence-electron chi connectivity index (χ1n) is 7.76. The molecule has 0 N–H and O–H groups in total. The summed E-state index contributed by atoms with van der Waals surface area (Å²) in [5.41, 5.74) is 1.26. The minimum absolute atomic E-state index is 0.128. The second kappa shape index (κ2) is 5.87. The van der Waals surface area contributed by atoms with Crippen LogP contribution in [0.2, 0.25) is 0 Å². The van der Waals surface area contributed by atoms with Gasteiger partial charge in [0, 0.05) is 0 Å². The first-order chi connectivity index (χ1) is 12.2. The molecule has 2 amide bonds. The number of hydrogen-bond acceptors (Lipinski definition) is 3. The summed E-state index contributed by atoms with van der Waals surface area (Å²) in [4.78, 5) is 25.7. The lowest BCUT2D eigenvalue weighted by atomic mass is 10.1. The van der Waals surface area contributed by atoms with Crippen LogP contribution in [-0.4, -0.2) is 16.8 Å². The van der Waals surface area contributed by atoms with Gasteiger partial charge >= 0.3 is 0 Å². The van der Waals surface area contributed by atoms with Gasteiger partial charge in [-0.15, -0.1) is 0 Å². The number of hydrazine groups is 1. The van der Waals surface area contributed by atoms with Crippen molar-refractivity contribution in [2.45, 2.75) is 0 Å². The molecular formula is C20H13FN2O2. The number of para-hydroxylation sites is 2. The number of hydrogen-bond donors (Lipinski definition) is 0. The van der Waals surface area contributed by atoms with Crippen molar-refractivity contribution in [2.24, 2.45) is 0 Å². The van der Waals surface area contributed by atoms with Crippen LogP contribution < -0.4 is 5.01 Å². The van der Waals surface area contributed by atoms with Crippen molar-refractivity contribution in [3.8, 4) is 0 Å². The molecule has 25 heavy (non-hydrogen) atoms. The van der Waals surface area contributed by atoms with Crippen LogP contribution in [0.5, 0.6) is 0 Å². The lowest BCUT2D eigenvalue weighted by molar-refractivity contribution is 0.0653.